The van der Waals surface area contributed by atoms with E-state index >= 15 is 0 Å². The van der Waals surface area contributed by atoms with E-state index in [4.69, 9.17) is 16.0 Å². The van der Waals surface area contributed by atoms with Crippen molar-refractivity contribution in [3.63, 3.8) is 0 Å². The maximum Gasteiger partial charge on any atom is 0.323 e. The topological polar surface area (TPSA) is 42.2 Å². The van der Waals surface area contributed by atoms with Crippen LogP contribution in [-0.4, -0.2) is 22.1 Å². The lowest BCUT2D eigenvalue weighted by Crippen LogP contribution is -2.24. The Kier molecular flexibility index (Phi) is 2.96. The average molecular weight is 264 g/mol. The van der Waals surface area contributed by atoms with Crippen molar-refractivity contribution in [3.05, 3.63) is 35.7 Å². The Morgan fingerprint density at radius 1 is 1.39 bits per heavy atom. The molecule has 0 saturated heterocycles. The van der Waals surface area contributed by atoms with Crippen LogP contribution in [0.5, 0.6) is 0 Å². The molecule has 0 amide bonds. The van der Waals surface area contributed by atoms with E-state index in [1.54, 1.807) is 0 Å². The van der Waals surface area contributed by atoms with Crippen molar-refractivity contribution in [1.82, 2.24) is 10.2 Å². The number of aryl methyl sites for hydroxylation is 1. The van der Waals surface area contributed by atoms with Crippen LogP contribution < -0.4 is 4.90 Å². The van der Waals surface area contributed by atoms with Gasteiger partial charge in [-0.25, -0.2) is 0 Å². The van der Waals surface area contributed by atoms with E-state index in [0.29, 0.717) is 30.2 Å². The van der Waals surface area contributed by atoms with Crippen LogP contribution in [0.15, 0.2) is 28.7 Å². The summed E-state index contributed by atoms with van der Waals surface area (Å²) in [6.45, 7) is 2.16. The number of nitrogens with zero attached hydrogens (tertiary/aromatic N) is 3. The highest BCUT2D eigenvalue weighted by atomic mass is 35.5. The summed E-state index contributed by atoms with van der Waals surface area (Å²) in [5.74, 6) is 1.09. The molecule has 18 heavy (non-hydrogen) atoms. The lowest BCUT2D eigenvalue weighted by molar-refractivity contribution is 0.493. The number of para-hydroxylation sites is 1. The van der Waals surface area contributed by atoms with Crippen molar-refractivity contribution in [2.75, 3.05) is 10.8 Å². The number of aromatic nitrogens is 2. The minimum absolute atomic E-state index is 0.340. The molecule has 1 aromatic carbocycles. The Morgan fingerprint density at radius 2 is 2.22 bits per heavy atom. The van der Waals surface area contributed by atoms with Crippen molar-refractivity contribution in [1.29, 1.82) is 0 Å². The summed E-state index contributed by atoms with van der Waals surface area (Å²) in [5.41, 5.74) is 2.48. The van der Waals surface area contributed by atoms with Crippen molar-refractivity contribution < 1.29 is 4.42 Å². The van der Waals surface area contributed by atoms with Crippen molar-refractivity contribution >= 4 is 23.3 Å². The Morgan fingerprint density at radius 3 is 3.06 bits per heavy atom. The van der Waals surface area contributed by atoms with Gasteiger partial charge in [-0.15, -0.1) is 16.7 Å². The molecule has 2 heterocycles. The third kappa shape index (κ3) is 1.86. The highest BCUT2D eigenvalue weighted by molar-refractivity contribution is 6.17. The summed E-state index contributed by atoms with van der Waals surface area (Å²) in [7, 11) is 0. The Balaban J connectivity index is 1.95. The van der Waals surface area contributed by atoms with Crippen molar-refractivity contribution in [3.8, 4) is 0 Å². The molecule has 0 radical (unpaired) electrons. The third-order valence-corrected chi connectivity index (χ3v) is 3.37. The molecule has 1 aliphatic rings. The van der Waals surface area contributed by atoms with E-state index in [1.807, 2.05) is 6.07 Å². The SMILES string of the molecule is CC1Cc2ccccc2N1c1nnc(CCCl)o1. The first-order valence-corrected chi connectivity index (χ1v) is 6.58. The van der Waals surface area contributed by atoms with E-state index in [2.05, 4.69) is 40.2 Å². The van der Waals surface area contributed by atoms with Gasteiger partial charge in [-0.3, -0.25) is 4.90 Å². The minimum Gasteiger partial charge on any atom is -0.408 e. The number of alkyl halides is 1. The number of anilines is 2. The second kappa shape index (κ2) is 4.61. The van der Waals surface area contributed by atoms with Gasteiger partial charge in [0, 0.05) is 24.0 Å². The fraction of sp³-hybridized carbons (Fsp3) is 0.385. The smallest absolute Gasteiger partial charge is 0.323 e. The third-order valence-electron chi connectivity index (χ3n) is 3.18. The fourth-order valence-electron chi connectivity index (χ4n) is 2.38. The normalized spacial score (nSPS) is 18.1. The van der Waals surface area contributed by atoms with Crippen LogP contribution in [0.25, 0.3) is 0 Å². The maximum atomic E-state index is 5.67. The molecule has 0 fully saturated rings. The summed E-state index contributed by atoms with van der Waals surface area (Å²) < 4.78 is 5.65. The zero-order chi connectivity index (χ0) is 12.5. The van der Waals surface area contributed by atoms with Gasteiger partial charge in [-0.1, -0.05) is 23.3 Å². The molecule has 3 rings (SSSR count). The van der Waals surface area contributed by atoms with Gasteiger partial charge in [-0.05, 0) is 25.0 Å². The molecular weight excluding hydrogens is 250 g/mol. The Bertz CT molecular complexity index is 555. The fourth-order valence-corrected chi connectivity index (χ4v) is 2.54. The Hall–Kier alpha value is -1.55. The average Bonchev–Trinajstić information content (AvgIpc) is 2.92. The number of hydrogen-bond donors (Lipinski definition) is 0. The summed E-state index contributed by atoms with van der Waals surface area (Å²) in [6, 6.07) is 9.22. The molecule has 94 valence electrons. The molecule has 0 N–H and O–H groups in total. The molecule has 0 aliphatic carbocycles. The van der Waals surface area contributed by atoms with Crippen molar-refractivity contribution in [2.45, 2.75) is 25.8 Å². The van der Waals surface area contributed by atoms with E-state index in [1.165, 1.54) is 5.56 Å². The van der Waals surface area contributed by atoms with Gasteiger partial charge in [0.25, 0.3) is 0 Å². The minimum atomic E-state index is 0.340. The largest absolute Gasteiger partial charge is 0.408 e. The number of benzene rings is 1. The monoisotopic (exact) mass is 263 g/mol. The van der Waals surface area contributed by atoms with E-state index in [9.17, 15) is 0 Å². The molecule has 1 aromatic heterocycles. The summed E-state index contributed by atoms with van der Waals surface area (Å²) >= 11 is 5.67. The van der Waals surface area contributed by atoms with Crippen LogP contribution in [0.3, 0.4) is 0 Å². The van der Waals surface area contributed by atoms with E-state index in [-0.39, 0.29) is 0 Å². The summed E-state index contributed by atoms with van der Waals surface area (Å²) in [4.78, 5) is 2.10. The van der Waals surface area contributed by atoms with Gasteiger partial charge >= 0.3 is 6.01 Å². The second-order valence-electron chi connectivity index (χ2n) is 4.47. The lowest BCUT2D eigenvalue weighted by atomic mass is 10.1. The number of halogens is 1. The highest BCUT2D eigenvalue weighted by Gasteiger charge is 2.30. The molecular formula is C13H14ClN3O. The highest BCUT2D eigenvalue weighted by Crippen LogP contribution is 2.37. The summed E-state index contributed by atoms with van der Waals surface area (Å²) in [6.07, 6.45) is 1.61. The molecule has 1 unspecified atom stereocenters. The van der Waals surface area contributed by atoms with E-state index in [0.717, 1.165) is 12.1 Å². The predicted octanol–water partition coefficient (Wildman–Crippen LogP) is 2.93. The van der Waals surface area contributed by atoms with Crippen LogP contribution >= 0.6 is 11.6 Å². The van der Waals surface area contributed by atoms with Gasteiger partial charge in [0.15, 0.2) is 0 Å². The van der Waals surface area contributed by atoms with Gasteiger partial charge in [0.1, 0.15) is 0 Å². The molecule has 5 heteroatoms. The predicted molar refractivity (Wildman–Crippen MR) is 70.5 cm³/mol. The zero-order valence-electron chi connectivity index (χ0n) is 10.1. The second-order valence-corrected chi connectivity index (χ2v) is 4.85. The quantitative estimate of drug-likeness (QED) is 0.799. The zero-order valence-corrected chi connectivity index (χ0v) is 10.9. The molecule has 1 aliphatic heterocycles. The van der Waals surface area contributed by atoms with Gasteiger partial charge in [-0.2, -0.15) is 0 Å². The number of hydrogen-bond acceptors (Lipinski definition) is 4. The van der Waals surface area contributed by atoms with Crippen LogP contribution in [0.2, 0.25) is 0 Å². The van der Waals surface area contributed by atoms with Crippen LogP contribution in [-0.2, 0) is 12.8 Å². The van der Waals surface area contributed by atoms with Crippen LogP contribution in [0, 0.1) is 0 Å². The van der Waals surface area contributed by atoms with Gasteiger partial charge in [0.2, 0.25) is 5.89 Å². The molecule has 1 atom stereocenters. The summed E-state index contributed by atoms with van der Waals surface area (Å²) in [5, 5.41) is 8.13. The van der Waals surface area contributed by atoms with Crippen molar-refractivity contribution in [2.24, 2.45) is 0 Å². The van der Waals surface area contributed by atoms with E-state index < -0.39 is 0 Å². The van der Waals surface area contributed by atoms with Crippen LogP contribution in [0.1, 0.15) is 18.4 Å². The van der Waals surface area contributed by atoms with Crippen LogP contribution in [0.4, 0.5) is 11.7 Å². The lowest BCUT2D eigenvalue weighted by Gasteiger charge is -2.19. The molecule has 0 saturated carbocycles. The standard InChI is InChI=1S/C13H14ClN3O/c1-9-8-10-4-2-3-5-11(10)17(9)13-16-15-12(18-13)6-7-14/h2-5,9H,6-8H2,1H3. The number of fused-ring (bicyclic) bond motifs is 1. The number of rotatable bonds is 3. The molecule has 0 bridgehead atoms. The maximum absolute atomic E-state index is 5.67. The first-order valence-electron chi connectivity index (χ1n) is 6.05. The van der Waals surface area contributed by atoms with Gasteiger partial charge in [0.05, 0.1) is 0 Å². The molecule has 0 spiro atoms. The molecule has 2 aromatic rings. The van der Waals surface area contributed by atoms with Gasteiger partial charge < -0.3 is 4.42 Å². The Labute approximate surface area is 111 Å². The first kappa shape index (κ1) is 11.5. The molecule has 4 nitrogen and oxygen atoms in total. The first-order chi connectivity index (χ1) is 8.79.